The van der Waals surface area contributed by atoms with Gasteiger partial charge in [-0.25, -0.2) is 0 Å². The highest BCUT2D eigenvalue weighted by Crippen LogP contribution is 2.57. The van der Waals surface area contributed by atoms with Crippen molar-refractivity contribution in [3.05, 3.63) is 115 Å². The largest absolute Gasteiger partial charge is 0.530 e. The van der Waals surface area contributed by atoms with E-state index in [0.29, 0.717) is 17.6 Å². The highest BCUT2D eigenvalue weighted by atomic mass is 31.2. The zero-order valence-electron chi connectivity index (χ0n) is 37.1. The van der Waals surface area contributed by atoms with Crippen LogP contribution in [0.5, 0.6) is 23.0 Å². The van der Waals surface area contributed by atoms with E-state index >= 15 is 0 Å². The average Bonchev–Trinajstić information content (AvgIpc) is 3.15. The number of phenolic OH excluding ortho intramolecular Hbond substituents is 1. The standard InChI is InChI=1S/C52H69O4P/c1-31-24-40-36(6)41-25-32(2)28-44(38-21-17-14-18-22-38)49(41)55-57(54-48(40)43(27-31)37-19-15-13-16-20-37)56-50-42(26-34(4)30-46(50)52(10,11)12)35(5)39-23-33(3)29-45(47(39)53)51(7,8)9/h23-30,35-38,53H,13-22H2,1-12H3. The molecule has 4 aromatic carbocycles. The summed E-state index contributed by atoms with van der Waals surface area (Å²) in [6, 6.07) is 18.3. The Bertz CT molecular complexity index is 2030. The van der Waals surface area contributed by atoms with Crippen LogP contribution < -0.4 is 13.6 Å². The van der Waals surface area contributed by atoms with Crippen LogP contribution in [0.2, 0.25) is 0 Å². The highest BCUT2D eigenvalue weighted by Gasteiger charge is 2.38. The van der Waals surface area contributed by atoms with Gasteiger partial charge in [-0.15, -0.1) is 0 Å². The van der Waals surface area contributed by atoms with Crippen LogP contribution in [0.4, 0.5) is 0 Å². The minimum Gasteiger partial charge on any atom is -0.507 e. The SMILES string of the molecule is Cc1cc(C2CCCCC2)c2c(c1)C(C)c1cc(C)cc(C3CCCCC3)c1OP(Oc1c(C(C)c3cc(C)cc(C(C)(C)C)c3O)cc(C)cc1C(C)(C)C)O2. The molecule has 1 aliphatic heterocycles. The molecule has 0 bridgehead atoms. The van der Waals surface area contributed by atoms with E-state index in [0.717, 1.165) is 45.1 Å². The van der Waals surface area contributed by atoms with E-state index in [9.17, 15) is 5.11 Å². The lowest BCUT2D eigenvalue weighted by Crippen LogP contribution is -2.19. The lowest BCUT2D eigenvalue weighted by molar-refractivity contribution is 0.357. The van der Waals surface area contributed by atoms with Gasteiger partial charge < -0.3 is 18.7 Å². The first-order valence-electron chi connectivity index (χ1n) is 22.0. The van der Waals surface area contributed by atoms with Gasteiger partial charge >= 0.3 is 8.60 Å². The quantitative estimate of drug-likeness (QED) is 0.198. The molecule has 0 radical (unpaired) electrons. The second kappa shape index (κ2) is 16.3. The molecule has 1 unspecified atom stereocenters. The van der Waals surface area contributed by atoms with Crippen molar-refractivity contribution in [1.82, 2.24) is 0 Å². The van der Waals surface area contributed by atoms with Gasteiger partial charge in [-0.05, 0) is 92.7 Å². The number of hydrogen-bond acceptors (Lipinski definition) is 4. The van der Waals surface area contributed by atoms with Crippen LogP contribution in [-0.2, 0) is 10.8 Å². The topological polar surface area (TPSA) is 47.9 Å². The average molecular weight is 789 g/mol. The van der Waals surface area contributed by atoms with E-state index in [1.165, 1.54) is 103 Å². The fraction of sp³-hybridized carbons (Fsp3) is 0.538. The van der Waals surface area contributed by atoms with Gasteiger partial charge in [0.2, 0.25) is 0 Å². The number of phenols is 1. The van der Waals surface area contributed by atoms with Crippen LogP contribution >= 0.6 is 8.60 Å². The Labute approximate surface area is 346 Å². The number of fused-ring (bicyclic) bond motifs is 2. The normalized spacial score (nSPS) is 20.1. The number of hydrogen-bond donors (Lipinski definition) is 1. The van der Waals surface area contributed by atoms with Gasteiger partial charge in [0.1, 0.15) is 23.0 Å². The maximum Gasteiger partial charge on any atom is 0.530 e. The molecule has 3 aliphatic rings. The molecule has 306 valence electrons. The molecular formula is C52H69O4P. The van der Waals surface area contributed by atoms with Crippen molar-refractivity contribution in [2.24, 2.45) is 0 Å². The molecule has 0 aromatic heterocycles. The Kier molecular flexibility index (Phi) is 11.9. The third-order valence-corrected chi connectivity index (χ3v) is 14.2. The lowest BCUT2D eigenvalue weighted by Gasteiger charge is -2.35. The van der Waals surface area contributed by atoms with Crippen LogP contribution in [-0.4, -0.2) is 5.11 Å². The van der Waals surface area contributed by atoms with E-state index in [2.05, 4.69) is 132 Å². The molecule has 2 aliphatic carbocycles. The Morgan fingerprint density at radius 2 is 0.982 bits per heavy atom. The van der Waals surface area contributed by atoms with Crippen molar-refractivity contribution < 1.29 is 18.7 Å². The zero-order valence-corrected chi connectivity index (χ0v) is 38.0. The predicted octanol–water partition coefficient (Wildman–Crippen LogP) is 15.7. The van der Waals surface area contributed by atoms with Gasteiger partial charge in [-0.1, -0.05) is 165 Å². The van der Waals surface area contributed by atoms with Gasteiger partial charge in [-0.2, -0.15) is 0 Å². The summed E-state index contributed by atoms with van der Waals surface area (Å²) >= 11 is 0. The maximum absolute atomic E-state index is 12.0. The second-order valence-electron chi connectivity index (χ2n) is 20.1. The minimum atomic E-state index is -1.96. The van der Waals surface area contributed by atoms with Crippen LogP contribution in [0.15, 0.2) is 48.5 Å². The van der Waals surface area contributed by atoms with E-state index < -0.39 is 8.60 Å². The maximum atomic E-state index is 12.0. The van der Waals surface area contributed by atoms with E-state index in [1.807, 2.05) is 0 Å². The fourth-order valence-corrected chi connectivity index (χ4v) is 11.2. The third kappa shape index (κ3) is 8.64. The molecule has 2 saturated carbocycles. The van der Waals surface area contributed by atoms with Crippen molar-refractivity contribution in [3.8, 4) is 23.0 Å². The van der Waals surface area contributed by atoms with E-state index in [-0.39, 0.29) is 22.7 Å². The third-order valence-electron chi connectivity index (χ3n) is 13.2. The number of aryl methyl sites for hydroxylation is 4. The fourth-order valence-electron chi connectivity index (χ4n) is 10.1. The monoisotopic (exact) mass is 788 g/mol. The van der Waals surface area contributed by atoms with Gasteiger partial charge in [-0.3, -0.25) is 0 Å². The molecule has 1 atom stereocenters. The van der Waals surface area contributed by atoms with Crippen LogP contribution in [0.1, 0.15) is 210 Å². The summed E-state index contributed by atoms with van der Waals surface area (Å²) in [4.78, 5) is 0. The molecule has 4 aromatic rings. The Hall–Kier alpha value is -3.49. The van der Waals surface area contributed by atoms with Crippen molar-refractivity contribution in [1.29, 1.82) is 0 Å². The zero-order chi connectivity index (χ0) is 41.0. The molecule has 7 rings (SSSR count). The summed E-state index contributed by atoms with van der Waals surface area (Å²) in [7, 11) is -1.96. The molecular weight excluding hydrogens is 720 g/mol. The Morgan fingerprint density at radius 3 is 1.44 bits per heavy atom. The summed E-state index contributed by atoms with van der Waals surface area (Å²) in [6.45, 7) is 26.7. The van der Waals surface area contributed by atoms with Crippen LogP contribution in [0.3, 0.4) is 0 Å². The van der Waals surface area contributed by atoms with Crippen molar-refractivity contribution in [3.63, 3.8) is 0 Å². The van der Waals surface area contributed by atoms with Gasteiger partial charge in [0.15, 0.2) is 0 Å². The molecule has 1 heterocycles. The molecule has 57 heavy (non-hydrogen) atoms. The van der Waals surface area contributed by atoms with Gasteiger partial charge in [0, 0.05) is 39.7 Å². The van der Waals surface area contributed by atoms with Crippen molar-refractivity contribution in [2.75, 3.05) is 0 Å². The first-order chi connectivity index (χ1) is 26.9. The lowest BCUT2D eigenvalue weighted by atomic mass is 9.78. The molecule has 2 fully saturated rings. The van der Waals surface area contributed by atoms with Crippen LogP contribution in [0.25, 0.3) is 0 Å². The molecule has 0 spiro atoms. The Balaban J connectivity index is 1.45. The summed E-state index contributed by atoms with van der Waals surface area (Å²) < 4.78 is 22.3. The molecule has 4 nitrogen and oxygen atoms in total. The molecule has 0 saturated heterocycles. The van der Waals surface area contributed by atoms with Crippen LogP contribution in [0, 0.1) is 27.7 Å². The summed E-state index contributed by atoms with van der Waals surface area (Å²) in [5, 5.41) is 12.0. The van der Waals surface area contributed by atoms with E-state index in [1.54, 1.807) is 0 Å². The number of benzene rings is 4. The van der Waals surface area contributed by atoms with Gasteiger partial charge in [0.05, 0.1) is 0 Å². The minimum absolute atomic E-state index is 0.0954. The van der Waals surface area contributed by atoms with Crippen molar-refractivity contribution >= 4 is 8.60 Å². The first-order valence-corrected chi connectivity index (χ1v) is 23.1. The Morgan fingerprint density at radius 1 is 0.579 bits per heavy atom. The summed E-state index contributed by atoms with van der Waals surface area (Å²) in [5.41, 5.74) is 13.6. The number of aromatic hydroxyl groups is 1. The summed E-state index contributed by atoms with van der Waals surface area (Å²) in [5.74, 6) is 3.93. The smallest absolute Gasteiger partial charge is 0.507 e. The highest BCUT2D eigenvalue weighted by molar-refractivity contribution is 7.43. The summed E-state index contributed by atoms with van der Waals surface area (Å²) in [6.07, 6.45) is 12.3. The van der Waals surface area contributed by atoms with Gasteiger partial charge in [0.25, 0.3) is 0 Å². The number of rotatable bonds is 6. The predicted molar refractivity (Wildman–Crippen MR) is 239 cm³/mol. The second-order valence-corrected chi connectivity index (χ2v) is 21.1. The first kappa shape index (κ1) is 41.7. The van der Waals surface area contributed by atoms with Crippen molar-refractivity contribution in [2.45, 2.75) is 182 Å². The molecule has 5 heteroatoms. The molecule has 0 amide bonds. The van der Waals surface area contributed by atoms with E-state index in [4.69, 9.17) is 13.6 Å². The molecule has 1 N–H and O–H groups in total.